The Kier molecular flexibility index (Phi) is 3.96. The summed E-state index contributed by atoms with van der Waals surface area (Å²) < 4.78 is 0. The summed E-state index contributed by atoms with van der Waals surface area (Å²) in [4.78, 5) is 0. The molecule has 0 aromatic heterocycles. The van der Waals surface area contributed by atoms with Crippen molar-refractivity contribution in [1.82, 2.24) is 0 Å². The number of benzene rings is 1. The normalized spacial score (nSPS) is 7.62. The average Bonchev–Trinajstić information content (AvgIpc) is 1.69. The summed E-state index contributed by atoms with van der Waals surface area (Å²) in [7, 11) is 0. The van der Waals surface area contributed by atoms with Crippen LogP contribution in [0.1, 0.15) is 5.56 Å². The zero-order valence-corrected chi connectivity index (χ0v) is 7.74. The summed E-state index contributed by atoms with van der Waals surface area (Å²) in [6, 6.07) is 10.3. The molecule has 1 heteroatoms. The van der Waals surface area contributed by atoms with Crippen LogP contribution in [0, 0.1) is 6.92 Å². The third kappa shape index (κ3) is 2.36. The first kappa shape index (κ1) is 8.02. The van der Waals surface area contributed by atoms with Gasteiger partial charge in [0.25, 0.3) is 0 Å². The van der Waals surface area contributed by atoms with Gasteiger partial charge in [-0.1, -0.05) is 35.9 Å². The van der Waals surface area contributed by atoms with Crippen LogP contribution >= 0.6 is 0 Å². The van der Waals surface area contributed by atoms with Gasteiger partial charge in [-0.15, -0.1) is 0 Å². The Morgan fingerprint density at radius 2 is 1.50 bits per heavy atom. The molecule has 0 atom stereocenters. The Labute approximate surface area is 66.9 Å². The molecule has 0 saturated heterocycles. The fourth-order valence-electron chi connectivity index (χ4n) is 0.534. The second-order valence-electron chi connectivity index (χ2n) is 1.65. The predicted molar refractivity (Wildman–Crippen MR) is 36.9 cm³/mol. The van der Waals surface area contributed by atoms with Crippen molar-refractivity contribution in [3.05, 3.63) is 35.9 Å². The smallest absolute Gasteiger partial charge is 0.0622 e. The molecule has 0 aliphatic heterocycles. The first-order valence-electron chi connectivity index (χ1n) is 2.41. The maximum absolute atomic E-state index is 2.08. The van der Waals surface area contributed by atoms with E-state index in [-0.39, 0.29) is 23.9 Å². The second kappa shape index (κ2) is 3.95. The van der Waals surface area contributed by atoms with Crippen LogP contribution in [0.25, 0.3) is 0 Å². The van der Waals surface area contributed by atoms with Crippen molar-refractivity contribution < 1.29 is 0 Å². The van der Waals surface area contributed by atoms with E-state index in [4.69, 9.17) is 0 Å². The predicted octanol–water partition coefficient (Wildman–Crippen LogP) is 1.61. The van der Waals surface area contributed by atoms with Gasteiger partial charge in [0.15, 0.2) is 0 Å². The first-order chi connectivity index (χ1) is 3.39. The monoisotopic (exact) mass is 212 g/mol. The van der Waals surface area contributed by atoms with Crippen LogP contribution in [0.2, 0.25) is 0 Å². The molecule has 0 aliphatic rings. The molecule has 0 saturated carbocycles. The molecule has 0 heterocycles. The van der Waals surface area contributed by atoms with Crippen LogP contribution in [0.15, 0.2) is 30.3 Å². The van der Waals surface area contributed by atoms with Gasteiger partial charge in [-0.05, 0) is 6.92 Å². The van der Waals surface area contributed by atoms with Gasteiger partial charge in [0.1, 0.15) is 0 Å². The second-order valence-corrected chi connectivity index (χ2v) is 1.65. The molecule has 1 rings (SSSR count). The molecule has 0 amide bonds. The Morgan fingerprint density at radius 1 is 1.00 bits per heavy atom. The quantitative estimate of drug-likeness (QED) is 0.571. The van der Waals surface area contributed by atoms with Crippen molar-refractivity contribution >= 4 is 23.9 Å². The van der Waals surface area contributed by atoms with E-state index in [1.165, 1.54) is 5.56 Å². The maximum atomic E-state index is 2.08. The number of hydrogen-bond acceptors (Lipinski definition) is 0. The molecular formula is C7H8Sn+4. The van der Waals surface area contributed by atoms with Gasteiger partial charge in [-0.3, -0.25) is 0 Å². The molecule has 36 valence electrons. The van der Waals surface area contributed by atoms with Crippen molar-refractivity contribution in [2.75, 3.05) is 0 Å². The minimum atomic E-state index is 0. The Bertz CT molecular complexity index is 134. The minimum absolute atomic E-state index is 0. The van der Waals surface area contributed by atoms with Crippen LogP contribution in [-0.4, -0.2) is 23.9 Å². The summed E-state index contributed by atoms with van der Waals surface area (Å²) in [5.41, 5.74) is 1.32. The number of rotatable bonds is 0. The molecule has 8 heavy (non-hydrogen) atoms. The molecule has 1 aromatic rings. The van der Waals surface area contributed by atoms with Crippen LogP contribution in [-0.2, 0) is 0 Å². The summed E-state index contributed by atoms with van der Waals surface area (Å²) in [5, 5.41) is 0. The topological polar surface area (TPSA) is 0 Å². The fourth-order valence-corrected chi connectivity index (χ4v) is 0.534. The standard InChI is InChI=1S/C7H8.Sn/c1-7-5-3-2-4-6-7;/h2-6H,1H3;/q;+4. The average molecular weight is 211 g/mol. The van der Waals surface area contributed by atoms with Gasteiger partial charge < -0.3 is 0 Å². The van der Waals surface area contributed by atoms with Crippen LogP contribution in [0.4, 0.5) is 0 Å². The molecule has 1 aromatic carbocycles. The third-order valence-corrected chi connectivity index (χ3v) is 0.940. The summed E-state index contributed by atoms with van der Waals surface area (Å²) in [6.45, 7) is 2.08. The Balaban J connectivity index is 0.000000490. The summed E-state index contributed by atoms with van der Waals surface area (Å²) in [6.07, 6.45) is 0. The van der Waals surface area contributed by atoms with Crippen LogP contribution in [0.3, 0.4) is 0 Å². The summed E-state index contributed by atoms with van der Waals surface area (Å²) in [5.74, 6) is 0. The fraction of sp³-hybridized carbons (Fsp3) is 0.143. The van der Waals surface area contributed by atoms with Gasteiger partial charge in [0.2, 0.25) is 0 Å². The molecule has 0 spiro atoms. The van der Waals surface area contributed by atoms with Gasteiger partial charge in [-0.2, -0.15) is 0 Å². The van der Waals surface area contributed by atoms with E-state index in [2.05, 4.69) is 19.1 Å². The zero-order valence-electron chi connectivity index (χ0n) is 4.89. The van der Waals surface area contributed by atoms with E-state index >= 15 is 0 Å². The Morgan fingerprint density at radius 3 is 1.75 bits per heavy atom. The molecule has 0 N–H and O–H groups in total. The van der Waals surface area contributed by atoms with E-state index < -0.39 is 0 Å². The van der Waals surface area contributed by atoms with Crippen molar-refractivity contribution in [3.63, 3.8) is 0 Å². The largest absolute Gasteiger partial charge is 4.00 e. The third-order valence-electron chi connectivity index (χ3n) is 0.940. The van der Waals surface area contributed by atoms with E-state index in [0.717, 1.165) is 0 Å². The summed E-state index contributed by atoms with van der Waals surface area (Å²) >= 11 is 0. The van der Waals surface area contributed by atoms with Crippen molar-refractivity contribution in [2.24, 2.45) is 0 Å². The van der Waals surface area contributed by atoms with Crippen LogP contribution < -0.4 is 0 Å². The molecule has 0 radical (unpaired) electrons. The molecule has 0 nitrogen and oxygen atoms in total. The SMILES string of the molecule is Cc1ccccc1.[Sn+4]. The van der Waals surface area contributed by atoms with Gasteiger partial charge in [0.05, 0.1) is 0 Å². The van der Waals surface area contributed by atoms with Crippen molar-refractivity contribution in [1.29, 1.82) is 0 Å². The van der Waals surface area contributed by atoms with E-state index in [1.54, 1.807) is 0 Å². The first-order valence-corrected chi connectivity index (χ1v) is 2.41. The van der Waals surface area contributed by atoms with E-state index in [1.807, 2.05) is 18.2 Å². The molecule has 0 bridgehead atoms. The van der Waals surface area contributed by atoms with Gasteiger partial charge in [-0.25, -0.2) is 0 Å². The van der Waals surface area contributed by atoms with Crippen LogP contribution in [0.5, 0.6) is 0 Å². The number of hydrogen-bond donors (Lipinski definition) is 0. The zero-order chi connectivity index (χ0) is 5.11. The van der Waals surface area contributed by atoms with E-state index in [9.17, 15) is 0 Å². The molecular weight excluding hydrogens is 203 g/mol. The molecule has 0 aliphatic carbocycles. The molecule has 0 unspecified atom stereocenters. The maximum Gasteiger partial charge on any atom is 4.00 e. The Hall–Kier alpha value is 0.0187. The van der Waals surface area contributed by atoms with E-state index in [0.29, 0.717) is 0 Å². The number of aryl methyl sites for hydroxylation is 1. The molecule has 0 fully saturated rings. The van der Waals surface area contributed by atoms with Gasteiger partial charge in [0, 0.05) is 0 Å². The van der Waals surface area contributed by atoms with Crippen molar-refractivity contribution in [3.8, 4) is 0 Å². The minimum Gasteiger partial charge on any atom is -0.0622 e. The van der Waals surface area contributed by atoms with Gasteiger partial charge >= 0.3 is 23.9 Å². The van der Waals surface area contributed by atoms with Crippen molar-refractivity contribution in [2.45, 2.75) is 6.92 Å².